The number of hydrogen-bond acceptors (Lipinski definition) is 5. The minimum Gasteiger partial charge on any atom is -0.478 e. The van der Waals surface area contributed by atoms with Crippen molar-refractivity contribution in [3.63, 3.8) is 0 Å². The summed E-state index contributed by atoms with van der Waals surface area (Å²) in [6.45, 7) is 10.8. The van der Waals surface area contributed by atoms with Gasteiger partial charge >= 0.3 is 0 Å². The van der Waals surface area contributed by atoms with Crippen LogP contribution < -0.4 is 9.46 Å². The van der Waals surface area contributed by atoms with Crippen LogP contribution >= 0.6 is 0 Å². The van der Waals surface area contributed by atoms with Crippen LogP contribution in [0.1, 0.15) is 109 Å². The first-order valence-electron chi connectivity index (χ1n) is 15.6. The van der Waals surface area contributed by atoms with Gasteiger partial charge in [-0.2, -0.15) is 0 Å². The normalized spacial score (nSPS) is 38.7. The second kappa shape index (κ2) is 11.0. The number of aromatic nitrogens is 1. The number of sulfonamides is 1. The number of nitrogens with zero attached hydrogens (tertiary/aromatic N) is 1. The lowest BCUT2D eigenvalue weighted by atomic mass is 9.42. The molecule has 4 fully saturated rings. The van der Waals surface area contributed by atoms with Crippen molar-refractivity contribution in [2.75, 3.05) is 12.9 Å². The van der Waals surface area contributed by atoms with Crippen LogP contribution in [0.5, 0.6) is 5.88 Å². The Morgan fingerprint density at radius 2 is 1.85 bits per heavy atom. The van der Waals surface area contributed by atoms with Gasteiger partial charge in [0.2, 0.25) is 15.9 Å². The van der Waals surface area contributed by atoms with Gasteiger partial charge in [0.15, 0.2) is 0 Å². The van der Waals surface area contributed by atoms with Crippen LogP contribution in [0.2, 0.25) is 0 Å². The van der Waals surface area contributed by atoms with E-state index in [1.54, 1.807) is 12.1 Å². The average Bonchev–Trinajstić information content (AvgIpc) is 3.24. The van der Waals surface area contributed by atoms with Crippen LogP contribution in [-0.4, -0.2) is 32.2 Å². The smallest absolute Gasteiger partial charge is 0.266 e. The van der Waals surface area contributed by atoms with E-state index < -0.39 is 15.9 Å². The summed E-state index contributed by atoms with van der Waals surface area (Å²) in [7, 11) is -3.61. The zero-order valence-corrected chi connectivity index (χ0v) is 25.6. The molecule has 4 aliphatic carbocycles. The molecule has 1 N–H and O–H groups in total. The molecule has 0 radical (unpaired) electrons. The van der Waals surface area contributed by atoms with E-state index in [1.165, 1.54) is 70.4 Å². The predicted molar refractivity (Wildman–Crippen MR) is 155 cm³/mol. The molecule has 218 valence electrons. The predicted octanol–water partition coefficient (Wildman–Crippen LogP) is 6.86. The number of fused-ring (bicyclic) bond motifs is 5. The molecule has 4 aliphatic rings. The van der Waals surface area contributed by atoms with Crippen LogP contribution in [0.15, 0.2) is 18.3 Å². The van der Waals surface area contributed by atoms with Crippen molar-refractivity contribution in [1.82, 2.24) is 9.71 Å². The third-order valence-electron chi connectivity index (χ3n) is 12.1. The van der Waals surface area contributed by atoms with Crippen LogP contribution in [0.4, 0.5) is 0 Å². The fourth-order valence-corrected chi connectivity index (χ4v) is 10.8. The van der Waals surface area contributed by atoms with Gasteiger partial charge in [0.25, 0.3) is 5.91 Å². The van der Waals surface area contributed by atoms with Crippen molar-refractivity contribution >= 4 is 15.9 Å². The molecule has 0 aromatic carbocycles. The summed E-state index contributed by atoms with van der Waals surface area (Å²) in [6, 6.07) is 3.20. The fourth-order valence-electron chi connectivity index (χ4n) is 10.4. The lowest BCUT2D eigenvalue weighted by Gasteiger charge is -2.63. The number of ether oxygens (including phenoxy) is 1. The first-order valence-corrected chi connectivity index (χ1v) is 17.5. The molecule has 1 unspecified atom stereocenters. The maximum Gasteiger partial charge on any atom is 0.266 e. The van der Waals surface area contributed by atoms with Gasteiger partial charge in [-0.15, -0.1) is 0 Å². The molecule has 9 atom stereocenters. The Bertz CT molecular complexity index is 1140. The number of carbonyl (C=O) groups is 1. The van der Waals surface area contributed by atoms with Crippen LogP contribution in [0.25, 0.3) is 0 Å². The standard InChI is InChI=1S/C32H50N2O4S/c1-6-22-19-24-27-12-11-25(32(27,4)17-14-28(24)31(3)16-8-7-9-26(22)31)21(2)15-18-38-29-13-10-23(20-33-29)30(35)34-39(5,36)37/h10,13,20-22,24-28H,6-9,11-12,14-19H2,1-5H3,(H,34,35)/t21-,22+,24+,25-,26+,27?,28+,31+,32-/m1/s1. The van der Waals surface area contributed by atoms with Gasteiger partial charge in [-0.05, 0) is 110 Å². The quantitative estimate of drug-likeness (QED) is 0.377. The number of carbonyl (C=O) groups excluding carboxylic acids is 1. The zero-order valence-electron chi connectivity index (χ0n) is 24.7. The lowest BCUT2D eigenvalue weighted by molar-refractivity contribution is -0.138. The molecule has 0 saturated heterocycles. The first kappa shape index (κ1) is 28.9. The van der Waals surface area contributed by atoms with E-state index in [2.05, 4.69) is 32.7 Å². The molecule has 1 heterocycles. The van der Waals surface area contributed by atoms with E-state index in [0.29, 0.717) is 29.2 Å². The highest BCUT2D eigenvalue weighted by molar-refractivity contribution is 7.89. The van der Waals surface area contributed by atoms with Gasteiger partial charge in [0.05, 0.1) is 18.4 Å². The van der Waals surface area contributed by atoms with E-state index in [0.717, 1.165) is 48.2 Å². The molecule has 1 amide bonds. The fraction of sp³-hybridized carbons (Fsp3) is 0.812. The van der Waals surface area contributed by atoms with Crippen LogP contribution in [0.3, 0.4) is 0 Å². The second-order valence-corrected chi connectivity index (χ2v) is 15.8. The summed E-state index contributed by atoms with van der Waals surface area (Å²) >= 11 is 0. The molecule has 7 heteroatoms. The Morgan fingerprint density at radius 1 is 1.08 bits per heavy atom. The second-order valence-electron chi connectivity index (χ2n) is 14.1. The van der Waals surface area contributed by atoms with Crippen molar-refractivity contribution in [3.8, 4) is 5.88 Å². The number of pyridine rings is 1. The molecule has 0 aliphatic heterocycles. The molecule has 5 rings (SSSR count). The molecule has 39 heavy (non-hydrogen) atoms. The maximum absolute atomic E-state index is 12.0. The van der Waals surface area contributed by atoms with Crippen molar-refractivity contribution in [2.45, 2.75) is 98.3 Å². The van der Waals surface area contributed by atoms with Crippen molar-refractivity contribution < 1.29 is 17.9 Å². The van der Waals surface area contributed by atoms with Crippen molar-refractivity contribution in [1.29, 1.82) is 0 Å². The number of hydrogen-bond donors (Lipinski definition) is 1. The molecule has 1 aromatic heterocycles. The van der Waals surface area contributed by atoms with E-state index in [4.69, 9.17) is 4.74 Å². The molecule has 0 spiro atoms. The number of amides is 1. The summed E-state index contributed by atoms with van der Waals surface area (Å²) in [5.74, 6) is 5.77. The minimum absolute atomic E-state index is 0.197. The van der Waals surface area contributed by atoms with E-state index >= 15 is 0 Å². The topological polar surface area (TPSA) is 85.4 Å². The molecular formula is C32H50N2O4S. The summed E-state index contributed by atoms with van der Waals surface area (Å²) in [6.07, 6.45) is 17.6. The van der Waals surface area contributed by atoms with E-state index in [1.807, 2.05) is 4.72 Å². The third kappa shape index (κ3) is 5.50. The Balaban J connectivity index is 1.19. The highest BCUT2D eigenvalue weighted by Crippen LogP contribution is 2.69. The zero-order chi connectivity index (χ0) is 28.0. The van der Waals surface area contributed by atoms with Gasteiger partial charge in [0.1, 0.15) is 0 Å². The van der Waals surface area contributed by atoms with Crippen LogP contribution in [0, 0.1) is 52.3 Å². The highest BCUT2D eigenvalue weighted by Gasteiger charge is 2.61. The van der Waals surface area contributed by atoms with Gasteiger partial charge in [-0.25, -0.2) is 18.1 Å². The Hall–Kier alpha value is -1.63. The van der Waals surface area contributed by atoms with Crippen LogP contribution in [-0.2, 0) is 10.0 Å². The van der Waals surface area contributed by atoms with Crippen molar-refractivity contribution in [3.05, 3.63) is 23.9 Å². The first-order chi connectivity index (χ1) is 18.5. The molecule has 0 bridgehead atoms. The summed E-state index contributed by atoms with van der Waals surface area (Å²) in [5.41, 5.74) is 1.22. The number of nitrogens with one attached hydrogen (secondary N) is 1. The molecule has 1 aromatic rings. The lowest BCUT2D eigenvalue weighted by Crippen LogP contribution is -2.55. The summed E-state index contributed by atoms with van der Waals surface area (Å²) in [4.78, 5) is 16.2. The van der Waals surface area contributed by atoms with Crippen molar-refractivity contribution in [2.24, 2.45) is 52.3 Å². The van der Waals surface area contributed by atoms with E-state index in [9.17, 15) is 13.2 Å². The Kier molecular flexibility index (Phi) is 8.13. The monoisotopic (exact) mass is 558 g/mol. The SMILES string of the molecule is CC[C@H]1C[C@H]2C3CC[C@H]([C@H](C)CCOc4ccc(C(=O)NS(C)(=O)=O)cn4)[C@@]3(C)CC[C@@H]2[C@@]2(C)CCCC[C@@H]12. The van der Waals surface area contributed by atoms with E-state index in [-0.39, 0.29) is 5.56 Å². The molecule has 6 nitrogen and oxygen atoms in total. The van der Waals surface area contributed by atoms with Gasteiger partial charge < -0.3 is 4.74 Å². The van der Waals surface area contributed by atoms with Gasteiger partial charge in [0, 0.05) is 12.3 Å². The van der Waals surface area contributed by atoms with Gasteiger partial charge in [-0.1, -0.05) is 47.0 Å². The highest BCUT2D eigenvalue weighted by atomic mass is 32.2. The summed E-state index contributed by atoms with van der Waals surface area (Å²) in [5, 5.41) is 0. The summed E-state index contributed by atoms with van der Waals surface area (Å²) < 4.78 is 30.5. The molecule has 4 saturated carbocycles. The average molecular weight is 559 g/mol. The third-order valence-corrected chi connectivity index (χ3v) is 12.7. The molecular weight excluding hydrogens is 508 g/mol. The Labute approximate surface area is 236 Å². The minimum atomic E-state index is -3.61. The Morgan fingerprint density at radius 3 is 2.54 bits per heavy atom. The largest absolute Gasteiger partial charge is 0.478 e. The van der Waals surface area contributed by atoms with Gasteiger partial charge in [-0.3, -0.25) is 4.79 Å². The number of rotatable bonds is 8. The maximum atomic E-state index is 12.0.